The van der Waals surface area contributed by atoms with Crippen LogP contribution in [0.4, 0.5) is 13.2 Å². The zero-order chi connectivity index (χ0) is 20.2. The van der Waals surface area contributed by atoms with Gasteiger partial charge in [0.05, 0.1) is 11.6 Å². The van der Waals surface area contributed by atoms with Crippen molar-refractivity contribution in [3.63, 3.8) is 0 Å². The van der Waals surface area contributed by atoms with E-state index in [4.69, 9.17) is 4.74 Å². The molecule has 0 saturated carbocycles. The monoisotopic (exact) mass is 399 g/mol. The smallest absolute Gasteiger partial charge is 0.416 e. The van der Waals surface area contributed by atoms with Gasteiger partial charge in [-0.2, -0.15) is 13.2 Å². The molecular weight excluding hydrogens is 375 g/mol. The molecule has 2 atom stereocenters. The van der Waals surface area contributed by atoms with E-state index in [0.29, 0.717) is 5.56 Å². The van der Waals surface area contributed by atoms with E-state index in [0.717, 1.165) is 17.7 Å². The van der Waals surface area contributed by atoms with E-state index in [2.05, 4.69) is 4.72 Å². The van der Waals surface area contributed by atoms with Crippen LogP contribution in [0.15, 0.2) is 48.5 Å². The minimum atomic E-state index is -4.50. The molecule has 0 aliphatic carbocycles. The number of alkyl halides is 3. The highest BCUT2D eigenvalue weighted by Gasteiger charge is 2.33. The second kappa shape index (κ2) is 8.54. The summed E-state index contributed by atoms with van der Waals surface area (Å²) in [4.78, 5) is 0. The molecule has 2 rings (SSSR count). The largest absolute Gasteiger partial charge is 0.598 e. The van der Waals surface area contributed by atoms with E-state index in [1.165, 1.54) is 0 Å². The van der Waals surface area contributed by atoms with Gasteiger partial charge in [0.15, 0.2) is 0 Å². The van der Waals surface area contributed by atoms with E-state index in [1.807, 2.05) is 30.3 Å². The Morgan fingerprint density at radius 3 is 2.26 bits per heavy atom. The fourth-order valence-corrected chi connectivity index (χ4v) is 3.08. The SMILES string of the molecule is CC(N[S+]([O-])C(C)(C)C)c1cc(OCc2ccccc2)cc(C(F)(F)F)c1. The highest BCUT2D eigenvalue weighted by Crippen LogP contribution is 2.34. The summed E-state index contributed by atoms with van der Waals surface area (Å²) >= 11 is -1.41. The van der Waals surface area contributed by atoms with Crippen LogP contribution in [-0.4, -0.2) is 9.30 Å². The van der Waals surface area contributed by atoms with Gasteiger partial charge in [0, 0.05) is 11.4 Å². The van der Waals surface area contributed by atoms with Crippen molar-refractivity contribution < 1.29 is 22.5 Å². The zero-order valence-electron chi connectivity index (χ0n) is 15.8. The van der Waals surface area contributed by atoms with E-state index < -0.39 is 33.9 Å². The van der Waals surface area contributed by atoms with E-state index >= 15 is 0 Å². The van der Waals surface area contributed by atoms with Crippen LogP contribution in [-0.2, 0) is 24.1 Å². The third-order valence-corrected chi connectivity index (χ3v) is 5.52. The highest BCUT2D eigenvalue weighted by atomic mass is 32.2. The van der Waals surface area contributed by atoms with Crippen molar-refractivity contribution in [3.8, 4) is 5.75 Å². The number of ether oxygens (including phenoxy) is 1. The standard InChI is InChI=1S/C20H24F3NO2S/c1-14(24-27(25)19(2,3)4)16-10-17(20(21,22)23)12-18(11-16)26-13-15-8-6-5-7-9-15/h5-12,14,24H,13H2,1-4H3. The minimum Gasteiger partial charge on any atom is -0.598 e. The third-order valence-electron chi connectivity index (χ3n) is 3.84. The van der Waals surface area contributed by atoms with Gasteiger partial charge in [-0.05, 0) is 57.0 Å². The molecule has 0 heterocycles. The summed E-state index contributed by atoms with van der Waals surface area (Å²) in [5.41, 5.74) is 0.431. The fourth-order valence-electron chi connectivity index (χ4n) is 2.27. The number of nitrogens with one attached hydrogen (secondary N) is 1. The molecule has 0 aliphatic heterocycles. The number of benzene rings is 2. The minimum absolute atomic E-state index is 0.124. The van der Waals surface area contributed by atoms with Gasteiger partial charge in [-0.3, -0.25) is 0 Å². The van der Waals surface area contributed by atoms with Gasteiger partial charge in [-0.25, -0.2) is 0 Å². The molecule has 3 nitrogen and oxygen atoms in total. The van der Waals surface area contributed by atoms with E-state index in [1.54, 1.807) is 33.8 Å². The Hall–Kier alpha value is -1.70. The lowest BCUT2D eigenvalue weighted by Crippen LogP contribution is -2.40. The van der Waals surface area contributed by atoms with Gasteiger partial charge in [0.2, 0.25) is 0 Å². The molecule has 1 N–H and O–H groups in total. The topological polar surface area (TPSA) is 44.3 Å². The molecule has 0 radical (unpaired) electrons. The summed E-state index contributed by atoms with van der Waals surface area (Å²) < 4.78 is 60.1. The first-order chi connectivity index (χ1) is 12.5. The quantitative estimate of drug-likeness (QED) is 0.662. The van der Waals surface area contributed by atoms with Gasteiger partial charge in [0.25, 0.3) is 0 Å². The summed E-state index contributed by atoms with van der Waals surface area (Å²) in [6.45, 7) is 7.23. The Morgan fingerprint density at radius 2 is 1.70 bits per heavy atom. The number of halogens is 3. The Bertz CT molecular complexity index is 745. The Morgan fingerprint density at radius 1 is 1.07 bits per heavy atom. The molecule has 7 heteroatoms. The van der Waals surface area contributed by atoms with Crippen molar-refractivity contribution in [2.45, 2.75) is 51.3 Å². The number of hydrogen-bond donors (Lipinski definition) is 1. The molecule has 2 aromatic rings. The maximum absolute atomic E-state index is 13.3. The van der Waals surface area contributed by atoms with Gasteiger partial charge in [-0.1, -0.05) is 30.3 Å². The predicted octanol–water partition coefficient (Wildman–Crippen LogP) is 5.40. The number of rotatable bonds is 6. The fraction of sp³-hybridized carbons (Fsp3) is 0.400. The molecule has 2 unspecified atom stereocenters. The van der Waals surface area contributed by atoms with Crippen molar-refractivity contribution in [1.29, 1.82) is 0 Å². The first kappa shape index (κ1) is 21.6. The van der Waals surface area contributed by atoms with Crippen LogP contribution in [0, 0.1) is 0 Å². The molecule has 27 heavy (non-hydrogen) atoms. The van der Waals surface area contributed by atoms with Gasteiger partial charge >= 0.3 is 6.18 Å². The van der Waals surface area contributed by atoms with Crippen molar-refractivity contribution in [3.05, 3.63) is 65.2 Å². The summed E-state index contributed by atoms with van der Waals surface area (Å²) in [7, 11) is 0. The maximum Gasteiger partial charge on any atom is 0.416 e. The van der Waals surface area contributed by atoms with Gasteiger partial charge in [0.1, 0.15) is 17.1 Å². The summed E-state index contributed by atoms with van der Waals surface area (Å²) in [6, 6.07) is 12.3. The molecule has 0 spiro atoms. The van der Waals surface area contributed by atoms with Crippen molar-refractivity contribution in [2.24, 2.45) is 0 Å². The van der Waals surface area contributed by atoms with Crippen LogP contribution in [0.2, 0.25) is 0 Å². The lowest BCUT2D eigenvalue weighted by atomic mass is 10.0. The summed E-state index contributed by atoms with van der Waals surface area (Å²) in [5.74, 6) is 0.124. The zero-order valence-corrected chi connectivity index (χ0v) is 16.6. The molecule has 0 fully saturated rings. The lowest BCUT2D eigenvalue weighted by Gasteiger charge is -2.27. The molecule has 0 saturated heterocycles. The molecule has 0 bridgehead atoms. The van der Waals surface area contributed by atoms with Crippen LogP contribution in [0.3, 0.4) is 0 Å². The molecule has 0 aromatic heterocycles. The molecule has 2 aromatic carbocycles. The van der Waals surface area contributed by atoms with Crippen molar-refractivity contribution in [2.75, 3.05) is 0 Å². The Labute approximate surface area is 161 Å². The van der Waals surface area contributed by atoms with Gasteiger partial charge in [-0.15, -0.1) is 4.72 Å². The lowest BCUT2D eigenvalue weighted by molar-refractivity contribution is -0.137. The highest BCUT2D eigenvalue weighted by molar-refractivity contribution is 7.90. The molecular formula is C20H24F3NO2S. The normalized spacial score (nSPS) is 14.7. The summed E-state index contributed by atoms with van der Waals surface area (Å²) in [6.07, 6.45) is -4.50. The molecule has 148 valence electrons. The maximum atomic E-state index is 13.3. The average Bonchev–Trinajstić information content (AvgIpc) is 2.59. The van der Waals surface area contributed by atoms with E-state index in [-0.39, 0.29) is 12.4 Å². The van der Waals surface area contributed by atoms with Crippen LogP contribution >= 0.6 is 0 Å². The van der Waals surface area contributed by atoms with Crippen molar-refractivity contribution >= 4 is 11.4 Å². The molecule has 0 aliphatic rings. The molecule has 0 amide bonds. The second-order valence-corrected chi connectivity index (χ2v) is 9.28. The second-order valence-electron chi connectivity index (χ2n) is 7.28. The summed E-state index contributed by atoms with van der Waals surface area (Å²) in [5, 5.41) is 0. The van der Waals surface area contributed by atoms with Crippen LogP contribution in [0.25, 0.3) is 0 Å². The Kier molecular flexibility index (Phi) is 6.83. The van der Waals surface area contributed by atoms with Crippen LogP contribution < -0.4 is 9.46 Å². The predicted molar refractivity (Wildman–Crippen MR) is 102 cm³/mol. The Balaban J connectivity index is 2.25. The van der Waals surface area contributed by atoms with Gasteiger partial charge < -0.3 is 9.29 Å². The van der Waals surface area contributed by atoms with Crippen LogP contribution in [0.5, 0.6) is 5.75 Å². The first-order valence-electron chi connectivity index (χ1n) is 8.54. The van der Waals surface area contributed by atoms with E-state index in [9.17, 15) is 17.7 Å². The average molecular weight is 399 g/mol. The number of hydrogen-bond acceptors (Lipinski definition) is 3. The first-order valence-corrected chi connectivity index (χ1v) is 9.69. The third kappa shape index (κ3) is 6.45. The van der Waals surface area contributed by atoms with Crippen molar-refractivity contribution in [1.82, 2.24) is 4.72 Å². The van der Waals surface area contributed by atoms with Crippen LogP contribution in [0.1, 0.15) is 50.4 Å².